The third-order valence-corrected chi connectivity index (χ3v) is 3.37. The first-order valence-corrected chi connectivity index (χ1v) is 6.39. The van der Waals surface area contributed by atoms with Crippen molar-refractivity contribution in [3.63, 3.8) is 0 Å². The van der Waals surface area contributed by atoms with Crippen molar-refractivity contribution in [2.75, 3.05) is 6.54 Å². The molecule has 2 fully saturated rings. The summed E-state index contributed by atoms with van der Waals surface area (Å²) in [6.45, 7) is 0.486. The number of carbonyl (C=O) groups excluding carboxylic acids is 2. The summed E-state index contributed by atoms with van der Waals surface area (Å²) in [5.41, 5.74) is 0. The average molecular weight is 254 g/mol. The fourth-order valence-electron chi connectivity index (χ4n) is 2.21. The molecular formula is C12H18N2O4. The first-order valence-electron chi connectivity index (χ1n) is 6.39. The number of hydrogen-bond donors (Lipinski definition) is 2. The Morgan fingerprint density at radius 3 is 2.50 bits per heavy atom. The van der Waals surface area contributed by atoms with Gasteiger partial charge in [0.25, 0.3) is 0 Å². The smallest absolute Gasteiger partial charge is 0.326 e. The zero-order chi connectivity index (χ0) is 13.1. The quantitative estimate of drug-likeness (QED) is 0.729. The molecule has 1 saturated carbocycles. The van der Waals surface area contributed by atoms with Gasteiger partial charge in [-0.05, 0) is 25.7 Å². The van der Waals surface area contributed by atoms with E-state index in [1.165, 1.54) is 4.90 Å². The van der Waals surface area contributed by atoms with Crippen LogP contribution in [0.1, 0.15) is 38.5 Å². The van der Waals surface area contributed by atoms with Crippen molar-refractivity contribution in [2.24, 2.45) is 0 Å². The highest BCUT2D eigenvalue weighted by Gasteiger charge is 2.33. The third-order valence-electron chi connectivity index (χ3n) is 3.37. The van der Waals surface area contributed by atoms with E-state index in [2.05, 4.69) is 5.32 Å². The Morgan fingerprint density at radius 2 is 1.89 bits per heavy atom. The summed E-state index contributed by atoms with van der Waals surface area (Å²) >= 11 is 0. The molecule has 1 unspecified atom stereocenters. The molecule has 0 aromatic heterocycles. The molecular weight excluding hydrogens is 236 g/mol. The van der Waals surface area contributed by atoms with Crippen LogP contribution in [0.2, 0.25) is 0 Å². The van der Waals surface area contributed by atoms with Gasteiger partial charge in [0.15, 0.2) is 0 Å². The summed E-state index contributed by atoms with van der Waals surface area (Å²) < 4.78 is 0. The molecule has 0 bridgehead atoms. The Labute approximate surface area is 105 Å². The topological polar surface area (TPSA) is 86.7 Å². The minimum absolute atomic E-state index is 0.0995. The Bertz CT molecular complexity index is 365. The van der Waals surface area contributed by atoms with Crippen molar-refractivity contribution in [1.29, 1.82) is 0 Å². The summed E-state index contributed by atoms with van der Waals surface area (Å²) in [6.07, 6.45) is 3.52. The number of carboxylic acids is 1. The van der Waals surface area contributed by atoms with Gasteiger partial charge in [-0.1, -0.05) is 0 Å². The second-order valence-corrected chi connectivity index (χ2v) is 4.93. The number of carboxylic acid groups (broad SMARTS) is 1. The number of nitrogens with one attached hydrogen (secondary N) is 1. The van der Waals surface area contributed by atoms with Gasteiger partial charge in [0, 0.05) is 25.4 Å². The Morgan fingerprint density at radius 1 is 1.17 bits per heavy atom. The van der Waals surface area contributed by atoms with E-state index in [1.54, 1.807) is 0 Å². The summed E-state index contributed by atoms with van der Waals surface area (Å²) in [5, 5.41) is 11.8. The number of hydrogen-bond acceptors (Lipinski definition) is 3. The van der Waals surface area contributed by atoms with E-state index < -0.39 is 12.0 Å². The summed E-state index contributed by atoms with van der Waals surface area (Å²) in [7, 11) is 0. The maximum atomic E-state index is 11.8. The molecule has 0 spiro atoms. The largest absolute Gasteiger partial charge is 0.480 e. The van der Waals surface area contributed by atoms with E-state index >= 15 is 0 Å². The van der Waals surface area contributed by atoms with Crippen molar-refractivity contribution in [3.8, 4) is 0 Å². The Kier molecular flexibility index (Phi) is 3.84. The van der Waals surface area contributed by atoms with Gasteiger partial charge < -0.3 is 15.3 Å². The fraction of sp³-hybridized carbons (Fsp3) is 0.750. The maximum absolute atomic E-state index is 11.8. The van der Waals surface area contributed by atoms with Crippen LogP contribution in [0.5, 0.6) is 0 Å². The number of aliphatic carboxylic acids is 1. The van der Waals surface area contributed by atoms with Gasteiger partial charge in [0.2, 0.25) is 11.8 Å². The fourth-order valence-corrected chi connectivity index (χ4v) is 2.21. The maximum Gasteiger partial charge on any atom is 0.326 e. The normalized spacial score (nSPS) is 22.9. The molecule has 6 nitrogen and oxygen atoms in total. The molecule has 18 heavy (non-hydrogen) atoms. The van der Waals surface area contributed by atoms with Gasteiger partial charge in [-0.15, -0.1) is 0 Å². The first-order chi connectivity index (χ1) is 8.58. The number of nitrogens with zero attached hydrogens (tertiary/aromatic N) is 1. The number of likely N-dealkylation sites (tertiary alicyclic amines) is 1. The molecule has 6 heteroatoms. The highest BCUT2D eigenvalue weighted by molar-refractivity contribution is 5.87. The predicted molar refractivity (Wildman–Crippen MR) is 62.8 cm³/mol. The third kappa shape index (κ3) is 3.21. The summed E-state index contributed by atoms with van der Waals surface area (Å²) in [6, 6.07) is -0.407. The van der Waals surface area contributed by atoms with Gasteiger partial charge in [0.1, 0.15) is 6.04 Å². The molecule has 1 aliphatic carbocycles. The van der Waals surface area contributed by atoms with Crippen molar-refractivity contribution in [3.05, 3.63) is 0 Å². The lowest BCUT2D eigenvalue weighted by atomic mass is 10.2. The molecule has 100 valence electrons. The van der Waals surface area contributed by atoms with Gasteiger partial charge in [-0.25, -0.2) is 4.79 Å². The minimum Gasteiger partial charge on any atom is -0.480 e. The molecule has 2 amide bonds. The monoisotopic (exact) mass is 254 g/mol. The first kappa shape index (κ1) is 12.9. The molecule has 0 aromatic carbocycles. The van der Waals surface area contributed by atoms with E-state index in [0.717, 1.165) is 19.3 Å². The lowest BCUT2D eigenvalue weighted by Crippen LogP contribution is -2.40. The van der Waals surface area contributed by atoms with E-state index in [1.807, 2.05) is 0 Å². The van der Waals surface area contributed by atoms with Crippen LogP contribution in [-0.4, -0.2) is 46.4 Å². The number of carbonyl (C=O) groups is 3. The average Bonchev–Trinajstić information content (AvgIpc) is 2.98. The highest BCUT2D eigenvalue weighted by Crippen LogP contribution is 2.20. The Balaban J connectivity index is 1.76. The molecule has 2 rings (SSSR count). The van der Waals surface area contributed by atoms with Crippen molar-refractivity contribution < 1.29 is 19.5 Å². The van der Waals surface area contributed by atoms with Crippen LogP contribution in [0.4, 0.5) is 0 Å². The van der Waals surface area contributed by atoms with Crippen molar-refractivity contribution >= 4 is 17.8 Å². The van der Waals surface area contributed by atoms with Crippen LogP contribution in [-0.2, 0) is 14.4 Å². The van der Waals surface area contributed by atoms with Crippen LogP contribution in [0.15, 0.2) is 0 Å². The number of amides is 2. The highest BCUT2D eigenvalue weighted by atomic mass is 16.4. The van der Waals surface area contributed by atoms with Crippen molar-refractivity contribution in [1.82, 2.24) is 10.2 Å². The SMILES string of the molecule is O=C(CCC(=O)N1CCCC1C(=O)O)NC1CC1. The van der Waals surface area contributed by atoms with E-state index in [9.17, 15) is 14.4 Å². The van der Waals surface area contributed by atoms with E-state index in [0.29, 0.717) is 19.0 Å². The second-order valence-electron chi connectivity index (χ2n) is 4.93. The van der Waals surface area contributed by atoms with Crippen LogP contribution in [0.25, 0.3) is 0 Å². The molecule has 1 atom stereocenters. The molecule has 2 N–H and O–H groups in total. The van der Waals surface area contributed by atoms with Gasteiger partial charge in [-0.3, -0.25) is 9.59 Å². The van der Waals surface area contributed by atoms with Gasteiger partial charge >= 0.3 is 5.97 Å². The summed E-state index contributed by atoms with van der Waals surface area (Å²) in [5.74, 6) is -1.30. The van der Waals surface area contributed by atoms with Crippen LogP contribution in [0, 0.1) is 0 Å². The standard InChI is InChI=1S/C12H18N2O4/c15-10(13-8-3-4-8)5-6-11(16)14-7-1-2-9(14)12(17)18/h8-9H,1-7H2,(H,13,15)(H,17,18). The van der Waals surface area contributed by atoms with Crippen LogP contribution < -0.4 is 5.32 Å². The van der Waals surface area contributed by atoms with Crippen LogP contribution >= 0.6 is 0 Å². The predicted octanol–water partition coefficient (Wildman–Crippen LogP) is 0.121. The van der Waals surface area contributed by atoms with Gasteiger partial charge in [0.05, 0.1) is 0 Å². The van der Waals surface area contributed by atoms with E-state index in [-0.39, 0.29) is 24.7 Å². The zero-order valence-corrected chi connectivity index (χ0v) is 10.2. The van der Waals surface area contributed by atoms with Gasteiger partial charge in [-0.2, -0.15) is 0 Å². The molecule has 1 saturated heterocycles. The Hall–Kier alpha value is -1.59. The molecule has 0 aromatic rings. The number of rotatable bonds is 5. The molecule has 1 heterocycles. The molecule has 2 aliphatic rings. The lowest BCUT2D eigenvalue weighted by Gasteiger charge is -2.21. The molecule has 1 aliphatic heterocycles. The lowest BCUT2D eigenvalue weighted by molar-refractivity contribution is -0.148. The molecule has 0 radical (unpaired) electrons. The van der Waals surface area contributed by atoms with E-state index in [4.69, 9.17) is 5.11 Å². The summed E-state index contributed by atoms with van der Waals surface area (Å²) in [4.78, 5) is 35.6. The van der Waals surface area contributed by atoms with Crippen molar-refractivity contribution in [2.45, 2.75) is 50.6 Å². The second kappa shape index (κ2) is 5.37. The minimum atomic E-state index is -0.955. The van der Waals surface area contributed by atoms with Crippen LogP contribution in [0.3, 0.4) is 0 Å². The zero-order valence-electron chi connectivity index (χ0n) is 10.2.